The molecular formula is C23H30IN5O. The van der Waals surface area contributed by atoms with Gasteiger partial charge in [-0.25, -0.2) is 9.98 Å². The average Bonchev–Trinajstić information content (AvgIpc) is 3.25. The minimum atomic E-state index is 0. The van der Waals surface area contributed by atoms with Crippen LogP contribution in [0.2, 0.25) is 0 Å². The normalized spacial score (nSPS) is 11.0. The van der Waals surface area contributed by atoms with E-state index in [2.05, 4.69) is 70.1 Å². The van der Waals surface area contributed by atoms with Gasteiger partial charge in [0, 0.05) is 39.1 Å². The number of benzene rings is 2. The summed E-state index contributed by atoms with van der Waals surface area (Å²) in [5.41, 5.74) is 3.65. The molecule has 3 aromatic rings. The highest BCUT2D eigenvalue weighted by molar-refractivity contribution is 14.0. The first-order chi connectivity index (χ1) is 14.2. The Morgan fingerprint density at radius 1 is 1.07 bits per heavy atom. The Morgan fingerprint density at radius 3 is 2.33 bits per heavy atom. The molecule has 0 amide bonds. The number of nitrogens with zero attached hydrogens (tertiary/aromatic N) is 4. The van der Waals surface area contributed by atoms with E-state index in [9.17, 15) is 0 Å². The number of aromatic nitrogens is 2. The van der Waals surface area contributed by atoms with E-state index < -0.39 is 0 Å². The van der Waals surface area contributed by atoms with Crippen LogP contribution < -0.4 is 10.1 Å². The summed E-state index contributed by atoms with van der Waals surface area (Å²) in [5, 5.41) is 3.38. The summed E-state index contributed by atoms with van der Waals surface area (Å²) in [6.07, 6.45) is 5.60. The summed E-state index contributed by atoms with van der Waals surface area (Å²) in [6, 6.07) is 16.7. The van der Waals surface area contributed by atoms with E-state index in [-0.39, 0.29) is 24.0 Å². The zero-order valence-electron chi connectivity index (χ0n) is 17.8. The van der Waals surface area contributed by atoms with Crippen LogP contribution in [0, 0.1) is 0 Å². The monoisotopic (exact) mass is 519 g/mol. The van der Waals surface area contributed by atoms with Crippen LogP contribution >= 0.6 is 24.0 Å². The van der Waals surface area contributed by atoms with Crippen LogP contribution in [0.3, 0.4) is 0 Å². The number of guanidine groups is 1. The molecule has 1 aromatic heterocycles. The summed E-state index contributed by atoms with van der Waals surface area (Å²) >= 11 is 0. The molecule has 0 aliphatic rings. The van der Waals surface area contributed by atoms with Gasteiger partial charge in [-0.1, -0.05) is 36.4 Å². The Labute approximate surface area is 196 Å². The Hall–Kier alpha value is -2.55. The van der Waals surface area contributed by atoms with Crippen molar-refractivity contribution in [3.05, 3.63) is 83.9 Å². The number of hydrogen-bond acceptors (Lipinski definition) is 3. The predicted octanol–water partition coefficient (Wildman–Crippen LogP) is 4.16. The lowest BCUT2D eigenvalue weighted by Gasteiger charge is -2.22. The first-order valence-electron chi connectivity index (χ1n) is 9.84. The summed E-state index contributed by atoms with van der Waals surface area (Å²) in [6.45, 7) is 5.16. The third-order valence-electron chi connectivity index (χ3n) is 4.63. The van der Waals surface area contributed by atoms with Crippen LogP contribution in [0.15, 0.2) is 72.2 Å². The van der Waals surface area contributed by atoms with Crippen molar-refractivity contribution in [1.29, 1.82) is 0 Å². The summed E-state index contributed by atoms with van der Waals surface area (Å²) in [4.78, 5) is 11.0. The molecule has 0 saturated heterocycles. The second kappa shape index (κ2) is 12.2. The number of ether oxygens (including phenoxy) is 1. The maximum Gasteiger partial charge on any atom is 0.194 e. The van der Waals surface area contributed by atoms with Gasteiger partial charge in [0.1, 0.15) is 5.75 Å². The fraction of sp³-hybridized carbons (Fsp3) is 0.304. The van der Waals surface area contributed by atoms with E-state index >= 15 is 0 Å². The Bertz CT molecular complexity index is 892. The molecule has 0 bridgehead atoms. The molecule has 3 rings (SSSR count). The van der Waals surface area contributed by atoms with Crippen molar-refractivity contribution >= 4 is 29.9 Å². The van der Waals surface area contributed by atoms with Gasteiger partial charge in [0.15, 0.2) is 5.96 Å². The van der Waals surface area contributed by atoms with Crippen LogP contribution in [0.4, 0.5) is 0 Å². The molecule has 160 valence electrons. The van der Waals surface area contributed by atoms with E-state index in [1.807, 2.05) is 24.7 Å². The van der Waals surface area contributed by atoms with Crippen molar-refractivity contribution in [2.24, 2.45) is 4.99 Å². The van der Waals surface area contributed by atoms with Crippen molar-refractivity contribution in [1.82, 2.24) is 19.8 Å². The fourth-order valence-electron chi connectivity index (χ4n) is 3.06. The van der Waals surface area contributed by atoms with E-state index in [1.165, 1.54) is 16.7 Å². The summed E-state index contributed by atoms with van der Waals surface area (Å²) in [7, 11) is 3.74. The van der Waals surface area contributed by atoms with E-state index in [0.29, 0.717) is 6.54 Å². The number of nitrogens with one attached hydrogen (secondary N) is 1. The molecule has 1 heterocycles. The lowest BCUT2D eigenvalue weighted by Crippen LogP contribution is -2.38. The molecule has 0 spiro atoms. The number of imidazole rings is 1. The first-order valence-corrected chi connectivity index (χ1v) is 9.84. The molecule has 7 heteroatoms. The Balaban J connectivity index is 0.00000320. The van der Waals surface area contributed by atoms with Gasteiger partial charge in [-0.15, -0.1) is 24.0 Å². The molecule has 0 fully saturated rings. The van der Waals surface area contributed by atoms with Crippen molar-refractivity contribution in [3.63, 3.8) is 0 Å². The summed E-state index contributed by atoms with van der Waals surface area (Å²) < 4.78 is 7.29. The van der Waals surface area contributed by atoms with Crippen LogP contribution in [0.1, 0.15) is 23.6 Å². The van der Waals surface area contributed by atoms with Crippen molar-refractivity contribution in [3.8, 4) is 5.75 Å². The van der Waals surface area contributed by atoms with Gasteiger partial charge in [0.05, 0.1) is 20.0 Å². The molecule has 0 aliphatic heterocycles. The molecule has 0 saturated carbocycles. The quantitative estimate of drug-likeness (QED) is 0.276. The van der Waals surface area contributed by atoms with E-state index in [1.54, 1.807) is 13.3 Å². The minimum absolute atomic E-state index is 0. The van der Waals surface area contributed by atoms with Crippen LogP contribution in [0.5, 0.6) is 5.75 Å². The molecular weight excluding hydrogens is 489 g/mol. The molecule has 0 radical (unpaired) electrons. The third-order valence-corrected chi connectivity index (χ3v) is 4.63. The molecule has 30 heavy (non-hydrogen) atoms. The number of halogens is 1. The molecule has 2 aromatic carbocycles. The van der Waals surface area contributed by atoms with Gasteiger partial charge < -0.3 is 19.5 Å². The highest BCUT2D eigenvalue weighted by atomic mass is 127. The SMILES string of the molecule is CCNC(=NCc1ccc(Cn2ccnc2)cc1)N(C)Cc1ccc(OC)cc1.I. The topological polar surface area (TPSA) is 54.7 Å². The second-order valence-corrected chi connectivity index (χ2v) is 6.93. The molecule has 0 atom stereocenters. The zero-order valence-corrected chi connectivity index (χ0v) is 20.1. The molecule has 6 nitrogen and oxygen atoms in total. The fourth-order valence-corrected chi connectivity index (χ4v) is 3.06. The summed E-state index contributed by atoms with van der Waals surface area (Å²) in [5.74, 6) is 1.76. The Kier molecular flexibility index (Phi) is 9.66. The van der Waals surface area contributed by atoms with Gasteiger partial charge in [-0.3, -0.25) is 0 Å². The number of rotatable bonds is 8. The van der Waals surface area contributed by atoms with E-state index in [0.717, 1.165) is 31.3 Å². The first kappa shape index (κ1) is 23.7. The van der Waals surface area contributed by atoms with E-state index in [4.69, 9.17) is 9.73 Å². The van der Waals surface area contributed by atoms with Gasteiger partial charge in [0.25, 0.3) is 0 Å². The van der Waals surface area contributed by atoms with Gasteiger partial charge in [-0.05, 0) is 35.7 Å². The second-order valence-electron chi connectivity index (χ2n) is 6.93. The zero-order chi connectivity index (χ0) is 20.5. The van der Waals surface area contributed by atoms with Crippen LogP contribution in [0.25, 0.3) is 0 Å². The van der Waals surface area contributed by atoms with Crippen molar-refractivity contribution in [2.45, 2.75) is 26.6 Å². The maximum absolute atomic E-state index is 5.23. The lowest BCUT2D eigenvalue weighted by atomic mass is 10.1. The van der Waals surface area contributed by atoms with Gasteiger partial charge >= 0.3 is 0 Å². The highest BCUT2D eigenvalue weighted by Gasteiger charge is 2.07. The van der Waals surface area contributed by atoms with Crippen LogP contribution in [-0.4, -0.2) is 41.1 Å². The number of hydrogen-bond donors (Lipinski definition) is 1. The molecule has 1 N–H and O–H groups in total. The smallest absolute Gasteiger partial charge is 0.194 e. The maximum atomic E-state index is 5.23. The largest absolute Gasteiger partial charge is 0.497 e. The standard InChI is InChI=1S/C23H29N5O.HI/c1-4-25-23(27(2)16-20-9-11-22(29-3)12-10-20)26-15-19-5-7-21(8-6-19)17-28-14-13-24-18-28;/h5-14,18H,4,15-17H2,1-3H3,(H,25,26);1H. The minimum Gasteiger partial charge on any atom is -0.497 e. The lowest BCUT2D eigenvalue weighted by molar-refractivity contribution is 0.414. The molecule has 0 unspecified atom stereocenters. The van der Waals surface area contributed by atoms with Crippen molar-refractivity contribution in [2.75, 3.05) is 20.7 Å². The predicted molar refractivity (Wildman–Crippen MR) is 132 cm³/mol. The molecule has 0 aliphatic carbocycles. The highest BCUT2D eigenvalue weighted by Crippen LogP contribution is 2.13. The van der Waals surface area contributed by atoms with Gasteiger partial charge in [-0.2, -0.15) is 0 Å². The Morgan fingerprint density at radius 2 is 1.73 bits per heavy atom. The van der Waals surface area contributed by atoms with Crippen LogP contribution in [-0.2, 0) is 19.6 Å². The van der Waals surface area contributed by atoms with Gasteiger partial charge in [0.2, 0.25) is 0 Å². The average molecular weight is 519 g/mol. The van der Waals surface area contributed by atoms with Crippen molar-refractivity contribution < 1.29 is 4.74 Å². The number of aliphatic imine (C=N–C) groups is 1. The number of methoxy groups -OCH3 is 1. The third kappa shape index (κ3) is 7.05.